The maximum absolute atomic E-state index is 4.84. The van der Waals surface area contributed by atoms with Crippen LogP contribution >= 0.6 is 19.1 Å². The zero-order valence-corrected chi connectivity index (χ0v) is 10.2. The fourth-order valence-electron chi connectivity index (χ4n) is 0. The third kappa shape index (κ3) is 127. The number of hydrogen-bond donors (Lipinski definition) is 4. The second-order valence-corrected chi connectivity index (χ2v) is 3.74. The topological polar surface area (TPSA) is 104 Å². The fourth-order valence-corrected chi connectivity index (χ4v) is 0. The molecule has 0 rings (SSSR count). The van der Waals surface area contributed by atoms with E-state index < -0.39 is 16.5 Å². The molecule has 0 aliphatic heterocycles. The van der Waals surface area contributed by atoms with Gasteiger partial charge in [0.25, 0.3) is 0 Å². The van der Waals surface area contributed by atoms with E-state index in [4.69, 9.17) is 17.5 Å². The van der Waals surface area contributed by atoms with Gasteiger partial charge in [-0.2, -0.15) is 0 Å². The maximum atomic E-state index is 4.84. The van der Waals surface area contributed by atoms with Crippen molar-refractivity contribution in [2.45, 2.75) is 0 Å². The fraction of sp³-hybridized carbons (Fsp3) is 0. The Morgan fingerprint density at radius 2 is 0.778 bits per heavy atom. The second kappa shape index (κ2) is 13.0. The first-order valence-electron chi connectivity index (χ1n) is 0.969. The summed E-state index contributed by atoms with van der Waals surface area (Å²) >= 11 is 1.74. The average Bonchev–Trinajstić information content (AvgIpc) is 1.72. The van der Waals surface area contributed by atoms with Crippen molar-refractivity contribution in [2.75, 3.05) is 0 Å². The molecule has 9 heteroatoms. The van der Waals surface area contributed by atoms with E-state index in [9.17, 15) is 0 Å². The summed E-state index contributed by atoms with van der Waals surface area (Å²) in [5.41, 5.74) is 0. The van der Waals surface area contributed by atoms with Crippen LogP contribution in [0.15, 0.2) is 0 Å². The monoisotopic (exact) mass is 452 g/mol. The second-order valence-electron chi connectivity index (χ2n) is 0.632. The molecule has 0 saturated heterocycles. The third-order valence-corrected chi connectivity index (χ3v) is 0. The molecular weight excluding hydrogens is 446 g/mol. The van der Waals surface area contributed by atoms with Crippen LogP contribution < -0.4 is 17.5 Å². The van der Waals surface area contributed by atoms with Crippen LogP contribution in [0, 0.1) is 0 Å². The van der Waals surface area contributed by atoms with E-state index in [0.717, 1.165) is 0 Å². The summed E-state index contributed by atoms with van der Waals surface area (Å²) in [6.07, 6.45) is 0. The van der Waals surface area contributed by atoms with Crippen molar-refractivity contribution >= 4 is 19.1 Å². The van der Waals surface area contributed by atoms with E-state index in [1.807, 2.05) is 0 Å². The van der Waals surface area contributed by atoms with Gasteiger partial charge in [0.2, 0.25) is 0 Å². The van der Waals surface area contributed by atoms with E-state index in [1.54, 1.807) is 0 Å². The zero-order chi connectivity index (χ0) is 8.50. The minimum atomic E-state index is -2.70. The summed E-state index contributed by atoms with van der Waals surface area (Å²) in [4.78, 5) is 0. The third-order valence-electron chi connectivity index (χ3n) is 0. The minimum absolute atomic E-state index is 2.22. The molecular formula is H8Cl2N4Pd3. The molecule has 0 unspecified atom stereocenters. The van der Waals surface area contributed by atoms with Gasteiger partial charge in [0.1, 0.15) is 0 Å². The van der Waals surface area contributed by atoms with Gasteiger partial charge in [-0.3, -0.25) is 0 Å². The standard InChI is InChI=1S/2ClH.4H2N.3Pd/h2*1H;4*1H2;;;/q;;4*-1;2*+1;+4/p-2. The summed E-state index contributed by atoms with van der Waals surface area (Å²) in [6, 6.07) is 0. The van der Waals surface area contributed by atoms with E-state index in [1.165, 1.54) is 0 Å². The van der Waals surface area contributed by atoms with Gasteiger partial charge in [-0.05, 0) is 0 Å². The molecule has 0 bridgehead atoms. The van der Waals surface area contributed by atoms with Crippen molar-refractivity contribution in [1.82, 2.24) is 0 Å². The van der Waals surface area contributed by atoms with Crippen molar-refractivity contribution in [3.63, 3.8) is 0 Å². The van der Waals surface area contributed by atoms with Crippen LogP contribution in [-0.2, 0) is 52.9 Å². The molecule has 0 fully saturated rings. The summed E-state index contributed by atoms with van der Waals surface area (Å²) in [7, 11) is 8.98. The average molecular weight is 454 g/mol. The Morgan fingerprint density at radius 1 is 0.778 bits per heavy atom. The molecule has 0 aliphatic carbocycles. The van der Waals surface area contributed by atoms with Gasteiger partial charge in [-0.25, -0.2) is 0 Å². The van der Waals surface area contributed by atoms with Crippen molar-refractivity contribution < 1.29 is 52.9 Å². The van der Waals surface area contributed by atoms with Gasteiger partial charge < -0.3 is 0 Å². The summed E-state index contributed by atoms with van der Waals surface area (Å²) in [5, 5.41) is 0. The van der Waals surface area contributed by atoms with Crippen molar-refractivity contribution in [1.29, 1.82) is 0 Å². The van der Waals surface area contributed by atoms with Crippen molar-refractivity contribution in [2.24, 2.45) is 17.5 Å². The Morgan fingerprint density at radius 3 is 0.778 bits per heavy atom. The molecule has 4 nitrogen and oxygen atoms in total. The van der Waals surface area contributed by atoms with E-state index in [-0.39, 0.29) is 0 Å². The van der Waals surface area contributed by atoms with Crippen LogP contribution in [0.3, 0.4) is 0 Å². The van der Waals surface area contributed by atoms with Crippen LogP contribution in [0.4, 0.5) is 0 Å². The van der Waals surface area contributed by atoms with Gasteiger partial charge in [0.05, 0.1) is 0 Å². The number of halogens is 2. The quantitative estimate of drug-likeness (QED) is 0.353. The molecule has 0 heterocycles. The molecule has 0 saturated carbocycles. The Hall–Kier alpha value is 2.41. The number of nitrogens with two attached hydrogens (primary N) is 4. The number of rotatable bonds is 0. The Kier molecular flexibility index (Phi) is 25.3. The normalized spacial score (nSPS) is 10.0. The Labute approximate surface area is 88.3 Å². The molecule has 72 valence electrons. The van der Waals surface area contributed by atoms with Gasteiger partial charge in [0.15, 0.2) is 0 Å². The first kappa shape index (κ1) is 17.5. The first-order chi connectivity index (χ1) is 4.00. The van der Waals surface area contributed by atoms with E-state index >= 15 is 0 Å². The molecule has 0 aromatic rings. The molecule has 0 amide bonds. The van der Waals surface area contributed by atoms with Crippen LogP contribution in [0.2, 0.25) is 0 Å². The van der Waals surface area contributed by atoms with Gasteiger partial charge in [-0.1, -0.05) is 0 Å². The van der Waals surface area contributed by atoms with E-state index in [0.29, 0.717) is 0 Å². The SMILES string of the molecule is [Cl][Pd].[Cl][Pd].[NH2][Pd]([NH2])([NH2])[NH2]. The molecule has 0 aromatic heterocycles. The summed E-state index contributed by atoms with van der Waals surface area (Å²) in [5.74, 6) is 0. The molecule has 0 aliphatic rings. The molecule has 0 radical (unpaired) electrons. The molecule has 8 N–H and O–H groups in total. The van der Waals surface area contributed by atoms with E-state index in [2.05, 4.69) is 55.4 Å². The van der Waals surface area contributed by atoms with Crippen LogP contribution in [0.25, 0.3) is 0 Å². The predicted octanol–water partition coefficient (Wildman–Crippen LogP) is -0.991. The molecule has 9 heavy (non-hydrogen) atoms. The van der Waals surface area contributed by atoms with Crippen molar-refractivity contribution in [3.8, 4) is 0 Å². The molecule has 0 atom stereocenters. The predicted molar refractivity (Wildman–Crippen MR) is 28.5 cm³/mol. The molecule has 0 aromatic carbocycles. The molecule has 0 spiro atoms. The van der Waals surface area contributed by atoms with Gasteiger partial charge >= 0.3 is 89.4 Å². The van der Waals surface area contributed by atoms with Crippen LogP contribution in [0.1, 0.15) is 0 Å². The summed E-state index contributed by atoms with van der Waals surface area (Å²) in [6.45, 7) is 0. The van der Waals surface area contributed by atoms with Crippen LogP contribution in [-0.4, -0.2) is 0 Å². The summed E-state index contributed by atoms with van der Waals surface area (Å²) < 4.78 is 19.4. The Balaban J connectivity index is -0.0000000771. The van der Waals surface area contributed by atoms with Gasteiger partial charge in [0, 0.05) is 0 Å². The first-order valence-corrected chi connectivity index (χ1v) is 8.56. The van der Waals surface area contributed by atoms with Gasteiger partial charge in [-0.15, -0.1) is 0 Å². The Bertz CT molecular complexity index is 29.3. The zero-order valence-electron chi connectivity index (χ0n) is 4.01. The van der Waals surface area contributed by atoms with Crippen molar-refractivity contribution in [3.05, 3.63) is 0 Å². The number of hydrogen-bond acceptors (Lipinski definition) is 4. The van der Waals surface area contributed by atoms with Crippen LogP contribution in [0.5, 0.6) is 0 Å².